The largest absolute Gasteiger partial charge is 0.0806 e. The highest BCUT2D eigenvalue weighted by molar-refractivity contribution is 6.64. The van der Waals surface area contributed by atoms with Crippen LogP contribution in [0.25, 0.3) is 0 Å². The molecule has 0 radical (unpaired) electrons. The predicted molar refractivity (Wildman–Crippen MR) is 54.5 cm³/mol. The Morgan fingerprint density at radius 1 is 1.36 bits per heavy atom. The van der Waals surface area contributed by atoms with Gasteiger partial charge in [-0.05, 0) is 12.3 Å². The van der Waals surface area contributed by atoms with Gasteiger partial charge in [-0.15, -0.1) is 0 Å². The molecule has 0 amide bonds. The Labute approximate surface area is 71.6 Å². The number of hydrogen-bond acceptors (Lipinski definition) is 0. The quantitative estimate of drug-likeness (QED) is 0.553. The van der Waals surface area contributed by atoms with E-state index in [1.54, 1.807) is 10.8 Å². The molecule has 0 bridgehead atoms. The van der Waals surface area contributed by atoms with Crippen molar-refractivity contribution < 1.29 is 0 Å². The summed E-state index contributed by atoms with van der Waals surface area (Å²) in [5, 5.41) is 1.78. The van der Waals surface area contributed by atoms with Crippen molar-refractivity contribution in [2.75, 3.05) is 0 Å². The SMILES string of the molecule is CC(C)C1=C([SiH](C)C)CC=C1. The monoisotopic (exact) mass is 166 g/mol. The zero-order valence-corrected chi connectivity index (χ0v) is 9.17. The van der Waals surface area contributed by atoms with Crippen LogP contribution in [-0.4, -0.2) is 8.80 Å². The Bertz CT molecular complexity index is 197. The van der Waals surface area contributed by atoms with E-state index >= 15 is 0 Å². The van der Waals surface area contributed by atoms with Gasteiger partial charge in [0, 0.05) is 0 Å². The lowest BCUT2D eigenvalue weighted by atomic mass is 10.1. The first-order chi connectivity index (χ1) is 5.13. The molecule has 1 aliphatic carbocycles. The molecule has 11 heavy (non-hydrogen) atoms. The molecule has 0 spiro atoms. The molecule has 0 nitrogen and oxygen atoms in total. The summed E-state index contributed by atoms with van der Waals surface area (Å²) >= 11 is 0. The second kappa shape index (κ2) is 3.40. The Morgan fingerprint density at radius 3 is 2.36 bits per heavy atom. The molecular weight excluding hydrogens is 148 g/mol. The molecule has 0 aliphatic heterocycles. The van der Waals surface area contributed by atoms with Crippen molar-refractivity contribution >= 4 is 8.80 Å². The van der Waals surface area contributed by atoms with Gasteiger partial charge >= 0.3 is 0 Å². The average Bonchev–Trinajstić information content (AvgIpc) is 2.32. The van der Waals surface area contributed by atoms with E-state index in [2.05, 4.69) is 39.1 Å². The Hall–Kier alpha value is -0.303. The molecule has 0 aromatic rings. The fraction of sp³-hybridized carbons (Fsp3) is 0.600. The van der Waals surface area contributed by atoms with E-state index in [1.165, 1.54) is 6.42 Å². The van der Waals surface area contributed by atoms with Crippen molar-refractivity contribution in [3.05, 3.63) is 22.9 Å². The third-order valence-corrected chi connectivity index (χ3v) is 4.29. The van der Waals surface area contributed by atoms with E-state index in [4.69, 9.17) is 0 Å². The normalized spacial score (nSPS) is 17.6. The predicted octanol–water partition coefficient (Wildman–Crippen LogP) is 2.92. The van der Waals surface area contributed by atoms with E-state index < -0.39 is 8.80 Å². The average molecular weight is 166 g/mol. The van der Waals surface area contributed by atoms with Gasteiger partial charge in [-0.25, -0.2) is 0 Å². The summed E-state index contributed by atoms with van der Waals surface area (Å²) in [5.74, 6) is 0.735. The number of rotatable bonds is 2. The van der Waals surface area contributed by atoms with Crippen LogP contribution in [0.5, 0.6) is 0 Å². The van der Waals surface area contributed by atoms with E-state index in [-0.39, 0.29) is 0 Å². The van der Waals surface area contributed by atoms with Crippen molar-refractivity contribution in [3.63, 3.8) is 0 Å². The van der Waals surface area contributed by atoms with Crippen LogP contribution in [-0.2, 0) is 0 Å². The fourth-order valence-corrected chi connectivity index (χ4v) is 3.37. The van der Waals surface area contributed by atoms with Crippen LogP contribution in [0.4, 0.5) is 0 Å². The molecule has 0 N–H and O–H groups in total. The summed E-state index contributed by atoms with van der Waals surface area (Å²) in [6.07, 6.45) is 5.89. The highest BCUT2D eigenvalue weighted by Crippen LogP contribution is 2.26. The standard InChI is InChI=1S/C10H18Si/c1-8(2)9-6-5-7-10(9)11(3)4/h5-6,8,11H,7H2,1-4H3. The molecule has 0 heterocycles. The van der Waals surface area contributed by atoms with Gasteiger partial charge in [-0.2, -0.15) is 0 Å². The summed E-state index contributed by atoms with van der Waals surface area (Å²) in [5.41, 5.74) is 1.63. The number of hydrogen-bond donors (Lipinski definition) is 0. The third-order valence-electron chi connectivity index (χ3n) is 2.32. The van der Waals surface area contributed by atoms with Crippen LogP contribution in [0.15, 0.2) is 22.9 Å². The molecule has 0 aromatic heterocycles. The molecule has 0 fully saturated rings. The molecule has 0 atom stereocenters. The lowest BCUT2D eigenvalue weighted by Gasteiger charge is -2.12. The van der Waals surface area contributed by atoms with Crippen LogP contribution in [0, 0.1) is 5.92 Å². The summed E-state index contributed by atoms with van der Waals surface area (Å²) in [6.45, 7) is 9.43. The summed E-state index contributed by atoms with van der Waals surface area (Å²) in [6, 6.07) is 0. The Kier molecular flexibility index (Phi) is 2.71. The van der Waals surface area contributed by atoms with Gasteiger partial charge in [0.25, 0.3) is 0 Å². The van der Waals surface area contributed by atoms with Gasteiger partial charge in [0.05, 0.1) is 8.80 Å². The fourth-order valence-electron chi connectivity index (χ4n) is 1.67. The first kappa shape index (κ1) is 8.79. The van der Waals surface area contributed by atoms with Crippen molar-refractivity contribution in [2.45, 2.75) is 33.4 Å². The summed E-state index contributed by atoms with van der Waals surface area (Å²) in [4.78, 5) is 0. The van der Waals surface area contributed by atoms with Crippen LogP contribution < -0.4 is 0 Å². The van der Waals surface area contributed by atoms with Crippen LogP contribution >= 0.6 is 0 Å². The third kappa shape index (κ3) is 1.83. The molecule has 0 saturated carbocycles. The van der Waals surface area contributed by atoms with Crippen molar-refractivity contribution in [3.8, 4) is 0 Å². The maximum Gasteiger partial charge on any atom is 0.0603 e. The topological polar surface area (TPSA) is 0 Å². The van der Waals surface area contributed by atoms with E-state index in [0.717, 1.165) is 5.92 Å². The first-order valence-corrected chi connectivity index (χ1v) is 7.41. The highest BCUT2D eigenvalue weighted by atomic mass is 28.3. The van der Waals surface area contributed by atoms with Crippen LogP contribution in [0.1, 0.15) is 20.3 Å². The lowest BCUT2D eigenvalue weighted by Crippen LogP contribution is -2.08. The van der Waals surface area contributed by atoms with Gasteiger partial charge in [0.15, 0.2) is 0 Å². The van der Waals surface area contributed by atoms with Crippen LogP contribution in [0.3, 0.4) is 0 Å². The highest BCUT2D eigenvalue weighted by Gasteiger charge is 2.14. The Morgan fingerprint density at radius 2 is 2.00 bits per heavy atom. The molecule has 0 aromatic carbocycles. The zero-order valence-electron chi connectivity index (χ0n) is 8.02. The Balaban J connectivity index is 2.84. The van der Waals surface area contributed by atoms with E-state index in [0.29, 0.717) is 0 Å². The van der Waals surface area contributed by atoms with Crippen molar-refractivity contribution in [2.24, 2.45) is 5.92 Å². The lowest BCUT2D eigenvalue weighted by molar-refractivity contribution is 0.789. The summed E-state index contributed by atoms with van der Waals surface area (Å²) < 4.78 is 0. The maximum atomic E-state index is 2.42. The molecule has 62 valence electrons. The van der Waals surface area contributed by atoms with Crippen molar-refractivity contribution in [1.29, 1.82) is 0 Å². The molecule has 0 unspecified atom stereocenters. The smallest absolute Gasteiger partial charge is 0.0603 e. The summed E-state index contributed by atoms with van der Waals surface area (Å²) in [7, 11) is -0.520. The van der Waals surface area contributed by atoms with Gasteiger partial charge in [0.2, 0.25) is 0 Å². The first-order valence-electron chi connectivity index (χ1n) is 4.52. The zero-order chi connectivity index (χ0) is 8.43. The van der Waals surface area contributed by atoms with Gasteiger partial charge in [-0.3, -0.25) is 0 Å². The molecule has 0 saturated heterocycles. The number of allylic oxidation sites excluding steroid dienone is 4. The minimum absolute atomic E-state index is 0.520. The van der Waals surface area contributed by atoms with Crippen molar-refractivity contribution in [1.82, 2.24) is 0 Å². The maximum absolute atomic E-state index is 2.42. The van der Waals surface area contributed by atoms with Gasteiger partial charge in [-0.1, -0.05) is 49.9 Å². The molecule has 1 rings (SSSR count). The minimum atomic E-state index is -0.520. The molecule has 1 heteroatoms. The van der Waals surface area contributed by atoms with E-state index in [9.17, 15) is 0 Å². The molecular formula is C10H18Si. The molecule has 1 aliphatic rings. The van der Waals surface area contributed by atoms with Gasteiger partial charge < -0.3 is 0 Å². The second-order valence-electron chi connectivity index (χ2n) is 3.90. The van der Waals surface area contributed by atoms with E-state index in [1.807, 2.05) is 0 Å². The minimum Gasteiger partial charge on any atom is -0.0806 e. The van der Waals surface area contributed by atoms with Crippen LogP contribution in [0.2, 0.25) is 13.1 Å². The second-order valence-corrected chi connectivity index (χ2v) is 6.90. The van der Waals surface area contributed by atoms with Gasteiger partial charge in [0.1, 0.15) is 0 Å².